The van der Waals surface area contributed by atoms with E-state index in [2.05, 4.69) is 19.9 Å². The predicted molar refractivity (Wildman–Crippen MR) is 96.3 cm³/mol. The Hall–Kier alpha value is -0.510. The topological polar surface area (TPSA) is 57.5 Å². The van der Waals surface area contributed by atoms with Crippen LogP contribution in [0.3, 0.4) is 0 Å². The van der Waals surface area contributed by atoms with Crippen molar-refractivity contribution in [2.24, 2.45) is 0 Å². The first-order chi connectivity index (χ1) is 11.1. The van der Waals surface area contributed by atoms with Crippen molar-refractivity contribution in [1.29, 1.82) is 0 Å². The number of benzene rings is 1. The van der Waals surface area contributed by atoms with E-state index in [1.807, 2.05) is 6.07 Å². The molecule has 1 rings (SSSR count). The monoisotopic (exact) mass is 344 g/mol. The first-order valence-electron chi connectivity index (χ1n) is 9.13. The molecular formula is C20H33NaO3. The van der Waals surface area contributed by atoms with Gasteiger partial charge in [-0.15, -0.1) is 0 Å². The zero-order valence-corrected chi connectivity index (χ0v) is 17.7. The second kappa shape index (κ2) is 13.7. The molecule has 24 heavy (non-hydrogen) atoms. The van der Waals surface area contributed by atoms with Crippen LogP contribution in [0.25, 0.3) is 0 Å². The summed E-state index contributed by atoms with van der Waals surface area (Å²) < 4.78 is 0. The molecular weight excluding hydrogens is 311 g/mol. The van der Waals surface area contributed by atoms with Crippen molar-refractivity contribution < 1.29 is 46.0 Å². The molecule has 0 aromatic heterocycles. The number of hydrogen-bond acceptors (Lipinski definition) is 2. The van der Waals surface area contributed by atoms with Gasteiger partial charge in [-0.1, -0.05) is 64.5 Å². The van der Waals surface area contributed by atoms with E-state index in [-0.39, 0.29) is 43.2 Å². The van der Waals surface area contributed by atoms with Crippen molar-refractivity contribution in [3.63, 3.8) is 0 Å². The molecule has 0 spiro atoms. The Morgan fingerprint density at radius 2 is 1.46 bits per heavy atom. The molecule has 4 heteroatoms. The molecule has 0 radical (unpaired) electrons. The Balaban J connectivity index is 0. The quantitative estimate of drug-likeness (QED) is 0.452. The van der Waals surface area contributed by atoms with E-state index in [0.29, 0.717) is 5.56 Å². The average Bonchev–Trinajstić information content (AvgIpc) is 2.51. The third-order valence-corrected chi connectivity index (χ3v) is 4.29. The third-order valence-electron chi connectivity index (χ3n) is 4.29. The molecule has 0 aliphatic carbocycles. The molecule has 0 heterocycles. The second-order valence-corrected chi connectivity index (χ2v) is 6.45. The summed E-state index contributed by atoms with van der Waals surface area (Å²) in [7, 11) is 0. The van der Waals surface area contributed by atoms with Crippen LogP contribution in [0, 0.1) is 0 Å². The summed E-state index contributed by atoms with van der Waals surface area (Å²) in [5, 5.41) is 19.4. The fraction of sp³-hybridized carbons (Fsp3) is 0.650. The smallest absolute Gasteiger partial charge is 1.00 e. The molecule has 0 bridgehead atoms. The molecule has 1 aromatic rings. The van der Waals surface area contributed by atoms with Gasteiger partial charge in [0.25, 0.3) is 0 Å². The normalized spacial score (nSPS) is 10.4. The summed E-state index contributed by atoms with van der Waals surface area (Å²) in [5.41, 5.74) is 2.65. The van der Waals surface area contributed by atoms with E-state index in [1.54, 1.807) is 0 Å². The first kappa shape index (κ1) is 23.5. The van der Waals surface area contributed by atoms with Crippen LogP contribution < -0.4 is 29.6 Å². The third kappa shape index (κ3) is 9.10. The van der Waals surface area contributed by atoms with Gasteiger partial charge in [0.15, 0.2) is 0 Å². The van der Waals surface area contributed by atoms with Crippen LogP contribution in [-0.2, 0) is 24.1 Å². The molecule has 3 nitrogen and oxygen atoms in total. The van der Waals surface area contributed by atoms with Gasteiger partial charge in [-0.3, -0.25) is 4.79 Å². The van der Waals surface area contributed by atoms with E-state index in [0.717, 1.165) is 37.7 Å². The number of phenolic OH excluding ortho intramolecular Hbond substituents is 1. The molecule has 0 saturated carbocycles. The number of carbonyl (C=O) groups is 1. The van der Waals surface area contributed by atoms with E-state index in [1.165, 1.54) is 37.7 Å². The number of carboxylic acids is 1. The number of rotatable bonds is 12. The minimum Gasteiger partial charge on any atom is -1.00 e. The number of hydrogen-bond donors (Lipinski definition) is 2. The molecule has 1 aromatic carbocycles. The first-order valence-corrected chi connectivity index (χ1v) is 9.13. The molecule has 0 aliphatic heterocycles. The number of phenols is 1. The van der Waals surface area contributed by atoms with Crippen LogP contribution in [0.15, 0.2) is 12.1 Å². The summed E-state index contributed by atoms with van der Waals surface area (Å²) in [6, 6.07) is 3.96. The molecule has 0 fully saturated rings. The molecule has 0 atom stereocenters. The van der Waals surface area contributed by atoms with Gasteiger partial charge in [0.1, 0.15) is 5.75 Å². The molecule has 0 amide bonds. The van der Waals surface area contributed by atoms with Gasteiger partial charge in [0, 0.05) is 5.56 Å². The van der Waals surface area contributed by atoms with E-state index >= 15 is 0 Å². The Kier molecular flexibility index (Phi) is 13.5. The minimum absolute atomic E-state index is 0. The van der Waals surface area contributed by atoms with Gasteiger partial charge in [0.05, 0.1) is 6.42 Å². The van der Waals surface area contributed by atoms with E-state index < -0.39 is 5.97 Å². The summed E-state index contributed by atoms with van der Waals surface area (Å²) >= 11 is 0. The van der Waals surface area contributed by atoms with Crippen molar-refractivity contribution in [1.82, 2.24) is 0 Å². The standard InChI is InChI=1S/C20H32O3.Na.H/c1-3-5-7-9-11-16-13-17(12-10-8-6-4-2)20(23)18(14-16)15-19(21)22;;/h13-14,23H,3-12,15H2,1-2H3,(H,21,22);;/q;+1;-1. The summed E-state index contributed by atoms with van der Waals surface area (Å²) in [6.07, 6.45) is 11.1. The Morgan fingerprint density at radius 3 is 2.00 bits per heavy atom. The summed E-state index contributed by atoms with van der Waals surface area (Å²) in [6.45, 7) is 4.37. The fourth-order valence-electron chi connectivity index (χ4n) is 2.96. The second-order valence-electron chi connectivity index (χ2n) is 6.45. The van der Waals surface area contributed by atoms with Crippen LogP contribution in [0.1, 0.15) is 83.3 Å². The van der Waals surface area contributed by atoms with Gasteiger partial charge in [0.2, 0.25) is 0 Å². The zero-order valence-electron chi connectivity index (χ0n) is 16.7. The number of carboxylic acid groups (broad SMARTS) is 1. The van der Waals surface area contributed by atoms with Gasteiger partial charge < -0.3 is 11.6 Å². The van der Waals surface area contributed by atoms with Gasteiger partial charge >= 0.3 is 35.5 Å². The fourth-order valence-corrected chi connectivity index (χ4v) is 2.96. The maximum absolute atomic E-state index is 11.0. The maximum Gasteiger partial charge on any atom is 1.00 e. The molecule has 0 unspecified atom stereocenters. The average molecular weight is 344 g/mol. The van der Waals surface area contributed by atoms with Crippen LogP contribution in [0.2, 0.25) is 0 Å². The Morgan fingerprint density at radius 1 is 0.917 bits per heavy atom. The summed E-state index contributed by atoms with van der Waals surface area (Å²) in [4.78, 5) is 11.0. The maximum atomic E-state index is 11.0. The van der Waals surface area contributed by atoms with Crippen LogP contribution in [0.4, 0.5) is 0 Å². The predicted octanol–water partition coefficient (Wildman–Crippen LogP) is 2.38. The van der Waals surface area contributed by atoms with Crippen molar-refractivity contribution in [2.45, 2.75) is 84.5 Å². The van der Waals surface area contributed by atoms with Crippen molar-refractivity contribution >= 4 is 5.97 Å². The molecule has 0 aliphatic rings. The van der Waals surface area contributed by atoms with Crippen LogP contribution >= 0.6 is 0 Å². The Labute approximate surface area is 170 Å². The number of aliphatic carboxylic acids is 1. The van der Waals surface area contributed by atoms with Crippen LogP contribution in [0.5, 0.6) is 5.75 Å². The number of unbranched alkanes of at least 4 members (excludes halogenated alkanes) is 6. The van der Waals surface area contributed by atoms with Crippen LogP contribution in [-0.4, -0.2) is 16.2 Å². The largest absolute Gasteiger partial charge is 1.00 e. The number of aromatic hydroxyl groups is 1. The van der Waals surface area contributed by atoms with Gasteiger partial charge in [-0.05, 0) is 36.8 Å². The van der Waals surface area contributed by atoms with E-state index in [4.69, 9.17) is 5.11 Å². The Bertz CT molecular complexity index is 492. The van der Waals surface area contributed by atoms with Crippen molar-refractivity contribution in [3.05, 3.63) is 28.8 Å². The SMILES string of the molecule is CCCCCCc1cc(CCCCCC)c(O)c(CC(=O)O)c1.[H-].[Na+]. The molecule has 0 saturated heterocycles. The van der Waals surface area contributed by atoms with Gasteiger partial charge in [-0.2, -0.15) is 0 Å². The minimum atomic E-state index is -0.889. The van der Waals surface area contributed by atoms with Crippen molar-refractivity contribution in [3.8, 4) is 5.75 Å². The van der Waals surface area contributed by atoms with Gasteiger partial charge in [-0.25, -0.2) is 0 Å². The van der Waals surface area contributed by atoms with E-state index in [9.17, 15) is 9.90 Å². The molecule has 2 N–H and O–H groups in total. The summed E-state index contributed by atoms with van der Waals surface area (Å²) in [5.74, 6) is -0.693. The zero-order chi connectivity index (χ0) is 17.1. The van der Waals surface area contributed by atoms with Crippen molar-refractivity contribution in [2.75, 3.05) is 0 Å². The molecule has 132 valence electrons. The number of aryl methyl sites for hydroxylation is 2.